The van der Waals surface area contributed by atoms with Gasteiger partial charge in [-0.3, -0.25) is 14.9 Å². The second-order valence-corrected chi connectivity index (χ2v) is 4.26. The first kappa shape index (κ1) is 16.6. The highest BCUT2D eigenvalue weighted by molar-refractivity contribution is 6.51. The number of nitrogens with one attached hydrogen (secondary N) is 1. The lowest BCUT2D eigenvalue weighted by Crippen LogP contribution is -2.17. The first-order valence-electron chi connectivity index (χ1n) is 5.19. The summed E-state index contributed by atoms with van der Waals surface area (Å²) in [6.45, 7) is 0. The molecule has 1 aromatic carbocycles. The van der Waals surface area contributed by atoms with Crippen molar-refractivity contribution in [2.24, 2.45) is 5.10 Å². The van der Waals surface area contributed by atoms with Crippen molar-refractivity contribution in [2.45, 2.75) is 0 Å². The van der Waals surface area contributed by atoms with E-state index in [9.17, 15) is 19.7 Å². The molecule has 0 atom stereocenters. The summed E-state index contributed by atoms with van der Waals surface area (Å²) in [5.74, 6) is -2.09. The van der Waals surface area contributed by atoms with Crippen LogP contribution in [0.5, 0.6) is 0 Å². The molecule has 21 heavy (non-hydrogen) atoms. The fourth-order valence-corrected chi connectivity index (χ4v) is 1.28. The highest BCUT2D eigenvalue weighted by atomic mass is 35.5. The summed E-state index contributed by atoms with van der Waals surface area (Å²) in [6, 6.07) is 4.80. The maximum Gasteiger partial charge on any atom is 0.348 e. The second kappa shape index (κ2) is 7.36. The van der Waals surface area contributed by atoms with Crippen LogP contribution in [-0.2, 0) is 4.79 Å². The van der Waals surface area contributed by atoms with Gasteiger partial charge in [0.2, 0.25) is 0 Å². The number of hydrogen-bond acceptors (Lipinski definition) is 5. The predicted molar refractivity (Wildman–Crippen MR) is 75.4 cm³/mol. The van der Waals surface area contributed by atoms with Crippen LogP contribution >= 0.6 is 23.2 Å². The van der Waals surface area contributed by atoms with Crippen molar-refractivity contribution in [3.63, 3.8) is 0 Å². The molecule has 0 unspecified atom stereocenters. The number of carboxylic acid groups (broad SMARTS) is 1. The largest absolute Gasteiger partial charge is 0.477 e. The maximum absolute atomic E-state index is 11.6. The second-order valence-electron chi connectivity index (χ2n) is 3.47. The van der Waals surface area contributed by atoms with Gasteiger partial charge < -0.3 is 5.11 Å². The van der Waals surface area contributed by atoms with Crippen molar-refractivity contribution in [3.8, 4) is 0 Å². The van der Waals surface area contributed by atoms with Gasteiger partial charge in [-0.15, -0.1) is 0 Å². The molecule has 0 spiro atoms. The Hall–Kier alpha value is -2.45. The minimum absolute atomic E-state index is 0.127. The average molecular weight is 332 g/mol. The van der Waals surface area contributed by atoms with E-state index in [0.717, 1.165) is 18.3 Å². The van der Waals surface area contributed by atoms with Gasteiger partial charge in [-0.1, -0.05) is 23.2 Å². The molecule has 0 aromatic heterocycles. The molecule has 0 aliphatic rings. The average Bonchev–Trinajstić information content (AvgIpc) is 2.46. The minimum atomic E-state index is -1.44. The van der Waals surface area contributed by atoms with Crippen LogP contribution < -0.4 is 5.43 Å². The quantitative estimate of drug-likeness (QED) is 0.370. The number of carbonyl (C=O) groups excluding carboxylic acids is 1. The molecule has 8 nitrogen and oxygen atoms in total. The zero-order chi connectivity index (χ0) is 16.0. The molecule has 1 rings (SSSR count). The first-order valence-corrected chi connectivity index (χ1v) is 5.95. The Labute approximate surface area is 127 Å². The van der Waals surface area contributed by atoms with Gasteiger partial charge in [0, 0.05) is 17.7 Å². The van der Waals surface area contributed by atoms with E-state index >= 15 is 0 Å². The summed E-state index contributed by atoms with van der Waals surface area (Å²) in [4.78, 5) is 31.9. The molecular formula is C11H7Cl2N3O5. The molecule has 1 amide bonds. The number of non-ortho nitro benzene ring substituents is 1. The number of amides is 1. The summed E-state index contributed by atoms with van der Waals surface area (Å²) >= 11 is 10.8. The van der Waals surface area contributed by atoms with Gasteiger partial charge in [0.15, 0.2) is 0 Å². The summed E-state index contributed by atoms with van der Waals surface area (Å²) in [5.41, 5.74) is 2.03. The Kier molecular flexibility index (Phi) is 5.82. The van der Waals surface area contributed by atoms with Crippen molar-refractivity contribution < 1.29 is 19.6 Å². The van der Waals surface area contributed by atoms with E-state index in [0.29, 0.717) is 0 Å². The number of carboxylic acids is 1. The van der Waals surface area contributed by atoms with Crippen LogP contribution in [0.15, 0.2) is 39.4 Å². The Morgan fingerprint density at radius 2 is 1.86 bits per heavy atom. The summed E-state index contributed by atoms with van der Waals surface area (Å²) < 4.78 is 0. The highest BCUT2D eigenvalue weighted by Crippen LogP contribution is 2.12. The van der Waals surface area contributed by atoms with Crippen molar-refractivity contribution >= 4 is 47.0 Å². The molecule has 2 N–H and O–H groups in total. The van der Waals surface area contributed by atoms with E-state index in [1.54, 1.807) is 0 Å². The monoisotopic (exact) mass is 331 g/mol. The summed E-state index contributed by atoms with van der Waals surface area (Å²) in [6.07, 6.45) is 0.849. The van der Waals surface area contributed by atoms with Crippen LogP contribution in [-0.4, -0.2) is 28.1 Å². The Morgan fingerprint density at radius 1 is 1.29 bits per heavy atom. The van der Waals surface area contributed by atoms with Gasteiger partial charge in [-0.05, 0) is 12.1 Å². The number of aliphatic carboxylic acids is 1. The number of nitro benzene ring substituents is 1. The van der Waals surface area contributed by atoms with E-state index in [4.69, 9.17) is 28.3 Å². The van der Waals surface area contributed by atoms with Crippen LogP contribution in [0.3, 0.4) is 0 Å². The third kappa shape index (κ3) is 4.86. The molecule has 0 fully saturated rings. The van der Waals surface area contributed by atoms with Gasteiger partial charge >= 0.3 is 5.97 Å². The van der Waals surface area contributed by atoms with Gasteiger partial charge in [-0.25, -0.2) is 10.2 Å². The number of halogens is 2. The molecule has 1 aromatic rings. The number of rotatable bonds is 5. The molecule has 0 aliphatic carbocycles. The fourth-order valence-electron chi connectivity index (χ4n) is 1.11. The molecule has 0 saturated carbocycles. The zero-order valence-corrected chi connectivity index (χ0v) is 11.6. The Balaban J connectivity index is 2.72. The zero-order valence-electron chi connectivity index (χ0n) is 10.1. The fraction of sp³-hybridized carbons (Fsp3) is 0. The molecule has 0 saturated heterocycles. The van der Waals surface area contributed by atoms with Crippen LogP contribution in [0.25, 0.3) is 0 Å². The van der Waals surface area contributed by atoms with E-state index < -0.39 is 21.8 Å². The Bertz CT molecular complexity index is 640. The number of carbonyl (C=O) groups is 2. The van der Waals surface area contributed by atoms with Crippen molar-refractivity contribution in [1.29, 1.82) is 0 Å². The summed E-state index contributed by atoms with van der Waals surface area (Å²) in [7, 11) is 0. The molecule has 10 heteroatoms. The van der Waals surface area contributed by atoms with Crippen molar-refractivity contribution in [1.82, 2.24) is 5.43 Å². The number of benzene rings is 1. The lowest BCUT2D eigenvalue weighted by atomic mass is 10.2. The lowest BCUT2D eigenvalue weighted by molar-refractivity contribution is -0.384. The van der Waals surface area contributed by atoms with Gasteiger partial charge in [0.25, 0.3) is 11.6 Å². The molecule has 0 heterocycles. The van der Waals surface area contributed by atoms with Crippen LogP contribution in [0, 0.1) is 10.1 Å². The van der Waals surface area contributed by atoms with Gasteiger partial charge in [-0.2, -0.15) is 5.10 Å². The van der Waals surface area contributed by atoms with E-state index in [1.165, 1.54) is 12.1 Å². The Morgan fingerprint density at radius 3 is 2.33 bits per heavy atom. The maximum atomic E-state index is 11.6. The topological polar surface area (TPSA) is 122 Å². The number of hydrazone groups is 1. The normalized spacial score (nSPS) is 11.9. The van der Waals surface area contributed by atoms with E-state index in [2.05, 4.69) is 10.5 Å². The number of nitro groups is 1. The smallest absolute Gasteiger partial charge is 0.348 e. The minimum Gasteiger partial charge on any atom is -0.477 e. The molecule has 110 valence electrons. The SMILES string of the molecule is O=C(O)/C(Cl)=C(Cl)\C=N\NC(=O)c1ccc([N+](=O)[O-])cc1. The third-order valence-electron chi connectivity index (χ3n) is 2.08. The van der Waals surface area contributed by atoms with Gasteiger partial charge in [0.05, 0.1) is 16.2 Å². The molecule has 0 aliphatic heterocycles. The number of nitrogens with zero attached hydrogens (tertiary/aromatic N) is 2. The number of hydrogen-bond donors (Lipinski definition) is 2. The molecule has 0 radical (unpaired) electrons. The van der Waals surface area contributed by atoms with Crippen LogP contribution in [0.2, 0.25) is 0 Å². The molecular weight excluding hydrogens is 325 g/mol. The van der Waals surface area contributed by atoms with E-state index in [-0.39, 0.29) is 16.3 Å². The van der Waals surface area contributed by atoms with E-state index in [1.807, 2.05) is 0 Å². The van der Waals surface area contributed by atoms with Crippen LogP contribution in [0.4, 0.5) is 5.69 Å². The number of allylic oxidation sites excluding steroid dienone is 1. The van der Waals surface area contributed by atoms with Crippen molar-refractivity contribution in [3.05, 3.63) is 50.0 Å². The predicted octanol–water partition coefficient (Wildman–Crippen LogP) is 2.08. The highest BCUT2D eigenvalue weighted by Gasteiger charge is 2.10. The lowest BCUT2D eigenvalue weighted by Gasteiger charge is -1.99. The summed E-state index contributed by atoms with van der Waals surface area (Å²) in [5, 5.41) is 21.4. The third-order valence-corrected chi connectivity index (χ3v) is 2.83. The first-order chi connectivity index (χ1) is 9.82. The van der Waals surface area contributed by atoms with Crippen LogP contribution in [0.1, 0.15) is 10.4 Å². The standard InChI is InChI=1S/C11H7Cl2N3O5/c12-8(9(13)11(18)19)5-14-15-10(17)6-1-3-7(4-2-6)16(20)21/h1-5H,(H,15,17)(H,18,19)/b9-8-,14-5+. The van der Waals surface area contributed by atoms with Gasteiger partial charge in [0.1, 0.15) is 5.03 Å². The molecule has 0 bridgehead atoms. The van der Waals surface area contributed by atoms with Crippen molar-refractivity contribution in [2.75, 3.05) is 0 Å².